The van der Waals surface area contributed by atoms with Crippen LogP contribution in [0.1, 0.15) is 303 Å². The predicted octanol–water partition coefficient (Wildman–Crippen LogP) is 22.8. The summed E-state index contributed by atoms with van der Waals surface area (Å²) in [6.45, 7) is 6.35. The van der Waals surface area contributed by atoms with Crippen molar-refractivity contribution in [2.75, 3.05) is 13.2 Å². The number of hydrogen-bond donors (Lipinski definition) is 0. The number of carbonyl (C=O) groups excluding carboxylic acids is 3. The van der Waals surface area contributed by atoms with E-state index in [0.717, 1.165) is 148 Å². The van der Waals surface area contributed by atoms with E-state index in [0.29, 0.717) is 19.3 Å². The molecule has 0 spiro atoms. The largest absolute Gasteiger partial charge is 0.462 e. The molecule has 0 heterocycles. The van der Waals surface area contributed by atoms with Crippen molar-refractivity contribution in [1.82, 2.24) is 0 Å². The number of esters is 3. The first kappa shape index (κ1) is 74.8. The molecular formula is C73H122O6. The van der Waals surface area contributed by atoms with Crippen molar-refractivity contribution in [2.24, 2.45) is 0 Å². The summed E-state index contributed by atoms with van der Waals surface area (Å²) in [5.74, 6) is -0.903. The quantitative estimate of drug-likeness (QED) is 0.0261. The molecule has 0 fully saturated rings. The van der Waals surface area contributed by atoms with Crippen LogP contribution in [0.2, 0.25) is 0 Å². The van der Waals surface area contributed by atoms with E-state index >= 15 is 0 Å². The Labute approximate surface area is 488 Å². The maximum atomic E-state index is 12.9. The Bertz CT molecular complexity index is 1640. The molecule has 0 radical (unpaired) electrons. The number of allylic oxidation sites excluding steroid dienone is 20. The summed E-state index contributed by atoms with van der Waals surface area (Å²) in [6.07, 6.45) is 92.1. The van der Waals surface area contributed by atoms with Crippen LogP contribution in [0.4, 0.5) is 0 Å². The van der Waals surface area contributed by atoms with Crippen molar-refractivity contribution < 1.29 is 28.6 Å². The molecule has 6 heteroatoms. The summed E-state index contributed by atoms with van der Waals surface area (Å²) in [7, 11) is 0. The average molecular weight is 1100 g/mol. The molecule has 0 aliphatic rings. The third-order valence-electron chi connectivity index (χ3n) is 13.9. The van der Waals surface area contributed by atoms with E-state index in [-0.39, 0.29) is 31.1 Å². The van der Waals surface area contributed by atoms with Crippen LogP contribution < -0.4 is 0 Å². The molecule has 0 N–H and O–H groups in total. The van der Waals surface area contributed by atoms with Crippen LogP contribution in [-0.4, -0.2) is 37.2 Å². The topological polar surface area (TPSA) is 78.9 Å². The van der Waals surface area contributed by atoms with E-state index in [2.05, 4.69) is 142 Å². The van der Waals surface area contributed by atoms with Gasteiger partial charge in [0.1, 0.15) is 13.2 Å². The van der Waals surface area contributed by atoms with Gasteiger partial charge in [0, 0.05) is 19.3 Å². The van der Waals surface area contributed by atoms with Gasteiger partial charge in [-0.15, -0.1) is 0 Å². The van der Waals surface area contributed by atoms with Crippen molar-refractivity contribution >= 4 is 17.9 Å². The van der Waals surface area contributed by atoms with Gasteiger partial charge in [0.25, 0.3) is 0 Å². The molecule has 6 nitrogen and oxygen atoms in total. The van der Waals surface area contributed by atoms with E-state index in [4.69, 9.17) is 14.2 Å². The minimum absolute atomic E-state index is 0.0870. The fourth-order valence-electron chi connectivity index (χ4n) is 9.05. The van der Waals surface area contributed by atoms with Crippen LogP contribution in [-0.2, 0) is 28.6 Å². The molecule has 0 bridgehead atoms. The van der Waals surface area contributed by atoms with Gasteiger partial charge in [-0.2, -0.15) is 0 Å². The molecule has 79 heavy (non-hydrogen) atoms. The highest BCUT2D eigenvalue weighted by molar-refractivity contribution is 5.71. The summed E-state index contributed by atoms with van der Waals surface area (Å²) in [6, 6.07) is 0. The molecule has 0 aliphatic heterocycles. The van der Waals surface area contributed by atoms with Gasteiger partial charge in [-0.3, -0.25) is 14.4 Å². The van der Waals surface area contributed by atoms with E-state index in [9.17, 15) is 14.4 Å². The third kappa shape index (κ3) is 64.5. The van der Waals surface area contributed by atoms with E-state index in [1.54, 1.807) is 0 Å². The molecule has 0 saturated heterocycles. The first-order valence-corrected chi connectivity index (χ1v) is 33.0. The minimum atomic E-state index is -0.792. The third-order valence-corrected chi connectivity index (χ3v) is 13.9. The highest BCUT2D eigenvalue weighted by atomic mass is 16.6. The van der Waals surface area contributed by atoms with Gasteiger partial charge < -0.3 is 14.2 Å². The van der Waals surface area contributed by atoms with Crippen LogP contribution in [0.3, 0.4) is 0 Å². The van der Waals surface area contributed by atoms with E-state index < -0.39 is 6.10 Å². The van der Waals surface area contributed by atoms with Crippen LogP contribution in [0.25, 0.3) is 0 Å². The SMILES string of the molecule is CC/C=C\C/C=C\C/C=C\C/C=C\CCCCCCCCCCCCCCCCC(=O)OCC(COC(=O)CCCCCCC/C=C\C/C=C\CCC)OC(=O)CCCCCCCCCC/C=C\C/C=C\C/C=C\C/C=C\CC. The molecule has 0 rings (SSSR count). The zero-order chi connectivity index (χ0) is 57.1. The summed E-state index contributed by atoms with van der Waals surface area (Å²) in [5, 5.41) is 0. The summed E-state index contributed by atoms with van der Waals surface area (Å²) >= 11 is 0. The lowest BCUT2D eigenvalue weighted by Gasteiger charge is -2.18. The van der Waals surface area contributed by atoms with Gasteiger partial charge in [0.05, 0.1) is 0 Å². The van der Waals surface area contributed by atoms with Crippen molar-refractivity contribution in [3.63, 3.8) is 0 Å². The number of ether oxygens (including phenoxy) is 3. The Morgan fingerprint density at radius 2 is 0.494 bits per heavy atom. The van der Waals surface area contributed by atoms with Crippen LogP contribution in [0.15, 0.2) is 122 Å². The number of carbonyl (C=O) groups is 3. The number of rotatable bonds is 59. The second-order valence-corrected chi connectivity index (χ2v) is 21.6. The zero-order valence-electron chi connectivity index (χ0n) is 51.6. The molecule has 1 atom stereocenters. The summed E-state index contributed by atoms with van der Waals surface area (Å²) in [5.41, 5.74) is 0. The van der Waals surface area contributed by atoms with Gasteiger partial charge >= 0.3 is 17.9 Å². The lowest BCUT2D eigenvalue weighted by atomic mass is 10.0. The lowest BCUT2D eigenvalue weighted by molar-refractivity contribution is -0.167. The molecule has 1 unspecified atom stereocenters. The second kappa shape index (κ2) is 66.3. The standard InChI is InChI=1S/C73H122O6/c1-4-7-10-13-16-19-22-25-27-29-31-33-34-35-36-37-38-40-41-43-45-48-51-54-57-60-63-66-72(75)78-69-70(68-77-71(74)65-62-59-56-53-50-47-24-21-18-15-12-9-6-3)79-73(76)67-64-61-58-55-52-49-46-44-42-39-32-30-28-26-23-20-17-14-11-8-5-2/h7-8,10-12,15-17,19-21,24-28,31-33,39,70H,4-6,9,13-14,18,22-23,29-30,34-38,40-69H2,1-3H3/b10-7-,11-8-,15-12-,19-16-,20-17-,24-21-,27-25-,28-26-,33-31-,39-32-. The highest BCUT2D eigenvalue weighted by Crippen LogP contribution is 2.16. The maximum Gasteiger partial charge on any atom is 0.306 e. The lowest BCUT2D eigenvalue weighted by Crippen LogP contribution is -2.30. The van der Waals surface area contributed by atoms with Gasteiger partial charge in [-0.05, 0) is 122 Å². The average Bonchev–Trinajstić information content (AvgIpc) is 3.45. The minimum Gasteiger partial charge on any atom is -0.462 e. The Morgan fingerprint density at radius 1 is 0.266 bits per heavy atom. The van der Waals surface area contributed by atoms with Crippen LogP contribution >= 0.6 is 0 Å². The van der Waals surface area contributed by atoms with E-state index in [1.165, 1.54) is 116 Å². The van der Waals surface area contributed by atoms with Crippen molar-refractivity contribution in [3.8, 4) is 0 Å². The summed E-state index contributed by atoms with van der Waals surface area (Å²) in [4.78, 5) is 38.4. The first-order chi connectivity index (χ1) is 39.0. The van der Waals surface area contributed by atoms with Crippen molar-refractivity contribution in [3.05, 3.63) is 122 Å². The molecule has 0 aromatic carbocycles. The smallest absolute Gasteiger partial charge is 0.306 e. The molecule has 450 valence electrons. The molecule has 0 amide bonds. The fraction of sp³-hybridized carbons (Fsp3) is 0.685. The predicted molar refractivity (Wildman–Crippen MR) is 343 cm³/mol. The second-order valence-electron chi connectivity index (χ2n) is 21.6. The Hall–Kier alpha value is -4.19. The molecule has 0 aromatic rings. The van der Waals surface area contributed by atoms with E-state index in [1.807, 2.05) is 0 Å². The van der Waals surface area contributed by atoms with Gasteiger partial charge in [-0.25, -0.2) is 0 Å². The number of unbranched alkanes of at least 4 members (excludes halogenated alkanes) is 28. The Balaban J connectivity index is 4.31. The monoisotopic (exact) mass is 1090 g/mol. The van der Waals surface area contributed by atoms with Gasteiger partial charge in [-0.1, -0.05) is 284 Å². The molecular weight excluding hydrogens is 973 g/mol. The molecule has 0 aliphatic carbocycles. The molecule has 0 aromatic heterocycles. The van der Waals surface area contributed by atoms with Crippen LogP contribution in [0.5, 0.6) is 0 Å². The van der Waals surface area contributed by atoms with Crippen molar-refractivity contribution in [2.45, 2.75) is 309 Å². The normalized spacial score (nSPS) is 12.9. The summed E-state index contributed by atoms with van der Waals surface area (Å²) < 4.78 is 16.9. The fourth-order valence-corrected chi connectivity index (χ4v) is 9.05. The Morgan fingerprint density at radius 3 is 0.772 bits per heavy atom. The van der Waals surface area contributed by atoms with Gasteiger partial charge in [0.2, 0.25) is 0 Å². The zero-order valence-corrected chi connectivity index (χ0v) is 51.6. The highest BCUT2D eigenvalue weighted by Gasteiger charge is 2.19. The first-order valence-electron chi connectivity index (χ1n) is 33.0. The van der Waals surface area contributed by atoms with Gasteiger partial charge in [0.15, 0.2) is 6.10 Å². The maximum absolute atomic E-state index is 12.9. The molecule has 0 saturated carbocycles. The Kier molecular flexibility index (Phi) is 62.8. The number of hydrogen-bond acceptors (Lipinski definition) is 6. The van der Waals surface area contributed by atoms with Crippen molar-refractivity contribution in [1.29, 1.82) is 0 Å². The van der Waals surface area contributed by atoms with Crippen LogP contribution in [0, 0.1) is 0 Å².